The number of carbonyl (C=O) groups is 3. The summed E-state index contributed by atoms with van der Waals surface area (Å²) in [6.45, 7) is 0.718. The zero-order valence-corrected chi connectivity index (χ0v) is 16.6. The molecular weight excluding hydrogens is 380 g/mol. The van der Waals surface area contributed by atoms with Crippen LogP contribution in [0, 0.1) is 0 Å². The normalized spacial score (nSPS) is 13.7. The number of thiophene rings is 2. The van der Waals surface area contributed by atoms with Crippen molar-refractivity contribution in [2.45, 2.75) is 38.6 Å². The van der Waals surface area contributed by atoms with Crippen LogP contribution in [0.3, 0.4) is 0 Å². The lowest BCUT2D eigenvalue weighted by Crippen LogP contribution is -2.39. The van der Waals surface area contributed by atoms with Gasteiger partial charge in [0.05, 0.1) is 11.4 Å². The van der Waals surface area contributed by atoms with E-state index in [2.05, 4.69) is 16.7 Å². The van der Waals surface area contributed by atoms with Gasteiger partial charge in [0.15, 0.2) is 0 Å². The van der Waals surface area contributed by atoms with E-state index >= 15 is 0 Å². The predicted molar refractivity (Wildman–Crippen MR) is 108 cm³/mol. The average molecular weight is 403 g/mol. The second-order valence-electron chi connectivity index (χ2n) is 6.40. The Hall–Kier alpha value is -2.25. The minimum Gasteiger partial charge on any atom is -0.348 e. The van der Waals surface area contributed by atoms with Crippen molar-refractivity contribution in [2.24, 2.45) is 0 Å². The van der Waals surface area contributed by atoms with Crippen molar-refractivity contribution in [3.8, 4) is 0 Å². The SMILES string of the molecule is O=C(NCCC1=CCCCC1)C(=O)NCc1ccc(C(=O)c2ccsc2)s1. The van der Waals surface area contributed by atoms with Crippen LogP contribution in [0.4, 0.5) is 0 Å². The van der Waals surface area contributed by atoms with Gasteiger partial charge in [-0.1, -0.05) is 11.6 Å². The van der Waals surface area contributed by atoms with Gasteiger partial charge in [0.2, 0.25) is 5.78 Å². The summed E-state index contributed by atoms with van der Waals surface area (Å²) in [5.74, 6) is -1.28. The van der Waals surface area contributed by atoms with E-state index in [9.17, 15) is 14.4 Å². The van der Waals surface area contributed by atoms with Crippen LogP contribution in [0.1, 0.15) is 52.2 Å². The molecular formula is C20H22N2O3S2. The summed E-state index contributed by atoms with van der Waals surface area (Å²) < 4.78 is 0. The summed E-state index contributed by atoms with van der Waals surface area (Å²) in [5.41, 5.74) is 2.04. The van der Waals surface area contributed by atoms with E-state index in [0.29, 0.717) is 17.0 Å². The molecule has 0 bridgehead atoms. The molecule has 7 heteroatoms. The van der Waals surface area contributed by atoms with E-state index in [1.54, 1.807) is 18.2 Å². The average Bonchev–Trinajstić information content (AvgIpc) is 3.38. The van der Waals surface area contributed by atoms with Crippen LogP contribution >= 0.6 is 22.7 Å². The third kappa shape index (κ3) is 5.61. The molecule has 2 aromatic heterocycles. The molecule has 0 aromatic carbocycles. The first-order chi connectivity index (χ1) is 13.1. The van der Waals surface area contributed by atoms with Gasteiger partial charge in [-0.2, -0.15) is 11.3 Å². The summed E-state index contributed by atoms with van der Waals surface area (Å²) in [4.78, 5) is 37.5. The number of hydrogen-bond donors (Lipinski definition) is 2. The zero-order chi connectivity index (χ0) is 19.1. The molecule has 0 saturated heterocycles. The molecule has 5 nitrogen and oxygen atoms in total. The van der Waals surface area contributed by atoms with Crippen LogP contribution in [0.15, 0.2) is 40.6 Å². The third-order valence-electron chi connectivity index (χ3n) is 4.41. The highest BCUT2D eigenvalue weighted by Crippen LogP contribution is 2.21. The van der Waals surface area contributed by atoms with Crippen molar-refractivity contribution >= 4 is 40.3 Å². The zero-order valence-electron chi connectivity index (χ0n) is 15.0. The lowest BCUT2D eigenvalue weighted by atomic mass is 9.97. The quantitative estimate of drug-likeness (QED) is 0.422. The highest BCUT2D eigenvalue weighted by atomic mass is 32.1. The number of amides is 2. The monoisotopic (exact) mass is 402 g/mol. The van der Waals surface area contributed by atoms with Crippen molar-refractivity contribution in [1.29, 1.82) is 0 Å². The van der Waals surface area contributed by atoms with Gasteiger partial charge in [0.25, 0.3) is 0 Å². The smallest absolute Gasteiger partial charge is 0.309 e. The maximum absolute atomic E-state index is 12.3. The Morgan fingerprint density at radius 1 is 1.04 bits per heavy atom. The summed E-state index contributed by atoms with van der Waals surface area (Å²) in [6, 6.07) is 5.35. The summed E-state index contributed by atoms with van der Waals surface area (Å²) in [7, 11) is 0. The summed E-state index contributed by atoms with van der Waals surface area (Å²) >= 11 is 2.81. The number of carbonyl (C=O) groups excluding carboxylic acids is 3. The molecule has 3 rings (SSSR count). The topological polar surface area (TPSA) is 75.3 Å². The Morgan fingerprint density at radius 3 is 2.63 bits per heavy atom. The molecule has 0 unspecified atom stereocenters. The van der Waals surface area contributed by atoms with E-state index in [1.165, 1.54) is 41.1 Å². The molecule has 2 amide bonds. The van der Waals surface area contributed by atoms with Crippen molar-refractivity contribution in [3.63, 3.8) is 0 Å². The number of nitrogens with one attached hydrogen (secondary N) is 2. The first-order valence-electron chi connectivity index (χ1n) is 9.03. The largest absolute Gasteiger partial charge is 0.348 e. The minimum atomic E-state index is -0.647. The maximum Gasteiger partial charge on any atom is 0.309 e. The molecule has 0 atom stereocenters. The molecule has 0 fully saturated rings. The number of rotatable bonds is 7. The lowest BCUT2D eigenvalue weighted by Gasteiger charge is -2.12. The second kappa shape index (κ2) is 9.62. The van der Waals surface area contributed by atoms with Crippen LogP contribution in [-0.2, 0) is 16.1 Å². The first-order valence-corrected chi connectivity index (χ1v) is 10.8. The number of ketones is 1. The van der Waals surface area contributed by atoms with Crippen molar-refractivity contribution < 1.29 is 14.4 Å². The van der Waals surface area contributed by atoms with Crippen LogP contribution in [0.5, 0.6) is 0 Å². The van der Waals surface area contributed by atoms with E-state index in [-0.39, 0.29) is 12.3 Å². The molecule has 0 saturated carbocycles. The highest BCUT2D eigenvalue weighted by Gasteiger charge is 2.15. The molecule has 1 aliphatic rings. The molecule has 0 spiro atoms. The maximum atomic E-state index is 12.3. The van der Waals surface area contributed by atoms with Crippen LogP contribution in [0.2, 0.25) is 0 Å². The molecule has 0 radical (unpaired) electrons. The summed E-state index contributed by atoms with van der Waals surface area (Å²) in [6.07, 6.45) is 7.69. The van der Waals surface area contributed by atoms with Gasteiger partial charge >= 0.3 is 11.8 Å². The third-order valence-corrected chi connectivity index (χ3v) is 6.18. The van der Waals surface area contributed by atoms with E-state index in [4.69, 9.17) is 0 Å². The Labute approximate surface area is 166 Å². The molecule has 2 aromatic rings. The fourth-order valence-electron chi connectivity index (χ4n) is 2.93. The van der Waals surface area contributed by atoms with Crippen molar-refractivity contribution in [3.05, 3.63) is 55.9 Å². The second-order valence-corrected chi connectivity index (χ2v) is 8.35. The van der Waals surface area contributed by atoms with Gasteiger partial charge in [0.1, 0.15) is 0 Å². The Balaban J connectivity index is 1.41. The fourth-order valence-corrected chi connectivity index (χ4v) is 4.47. The Bertz CT molecular complexity index is 837. The lowest BCUT2D eigenvalue weighted by molar-refractivity contribution is -0.139. The summed E-state index contributed by atoms with van der Waals surface area (Å²) in [5, 5.41) is 8.96. The van der Waals surface area contributed by atoms with Crippen LogP contribution in [0.25, 0.3) is 0 Å². The Kier molecular flexibility index (Phi) is 6.95. The molecule has 2 heterocycles. The first kappa shape index (κ1) is 19.5. The van der Waals surface area contributed by atoms with Gasteiger partial charge in [-0.05, 0) is 55.7 Å². The molecule has 1 aliphatic carbocycles. The van der Waals surface area contributed by atoms with Crippen molar-refractivity contribution in [2.75, 3.05) is 6.54 Å². The van der Waals surface area contributed by atoms with E-state index in [0.717, 1.165) is 24.1 Å². The Morgan fingerprint density at radius 2 is 1.89 bits per heavy atom. The standard InChI is InChI=1S/C20H22N2O3S2/c23-18(15-9-11-26-13-15)17-7-6-16(27-17)12-22-20(25)19(24)21-10-8-14-4-2-1-3-5-14/h4,6-7,9,11,13H,1-3,5,8,10,12H2,(H,21,24)(H,22,25). The van der Waals surface area contributed by atoms with Gasteiger partial charge < -0.3 is 10.6 Å². The molecule has 142 valence electrons. The van der Waals surface area contributed by atoms with Gasteiger partial charge in [-0.3, -0.25) is 14.4 Å². The van der Waals surface area contributed by atoms with Crippen LogP contribution < -0.4 is 10.6 Å². The van der Waals surface area contributed by atoms with E-state index < -0.39 is 11.8 Å². The molecule has 0 aliphatic heterocycles. The minimum absolute atomic E-state index is 0.0198. The van der Waals surface area contributed by atoms with Gasteiger partial charge in [-0.25, -0.2) is 0 Å². The molecule has 2 N–H and O–H groups in total. The van der Waals surface area contributed by atoms with Crippen LogP contribution in [-0.4, -0.2) is 24.1 Å². The van der Waals surface area contributed by atoms with Crippen molar-refractivity contribution in [1.82, 2.24) is 10.6 Å². The fraction of sp³-hybridized carbons (Fsp3) is 0.350. The van der Waals surface area contributed by atoms with E-state index in [1.807, 2.05) is 10.8 Å². The molecule has 27 heavy (non-hydrogen) atoms. The number of allylic oxidation sites excluding steroid dienone is 1. The van der Waals surface area contributed by atoms with Gasteiger partial charge in [0, 0.05) is 22.4 Å². The number of hydrogen-bond acceptors (Lipinski definition) is 5. The van der Waals surface area contributed by atoms with Gasteiger partial charge in [-0.15, -0.1) is 11.3 Å². The predicted octanol–water partition coefficient (Wildman–Crippen LogP) is 3.66. The highest BCUT2D eigenvalue weighted by molar-refractivity contribution is 7.14.